The Labute approximate surface area is 461 Å². The number of aromatic hydroxyl groups is 1. The van der Waals surface area contributed by atoms with Gasteiger partial charge in [0.05, 0.1) is 77.2 Å². The van der Waals surface area contributed by atoms with Crippen LogP contribution in [0.4, 0.5) is 19.0 Å². The van der Waals surface area contributed by atoms with E-state index in [4.69, 9.17) is 18.9 Å². The van der Waals surface area contributed by atoms with Crippen LogP contribution in [0, 0.1) is 48.0 Å². The number of ether oxygens (including phenoxy) is 4. The van der Waals surface area contributed by atoms with Crippen LogP contribution in [0.5, 0.6) is 11.5 Å². The Balaban J connectivity index is 1.16. The number of hydrogen-bond donors (Lipinski definition) is 5. The average molecular weight is 1130 g/mol. The number of rotatable bonds is 7. The number of anilines is 1. The number of Topliss-reactive ketones (excluding diaryl/α,β-unsaturated/α-hetero) is 3. The van der Waals surface area contributed by atoms with Gasteiger partial charge in [-0.1, -0.05) is 45.9 Å². The zero-order chi connectivity index (χ0) is 59.3. The number of esters is 1. The lowest BCUT2D eigenvalue weighted by atomic mass is 9.78. The predicted molar refractivity (Wildman–Crippen MR) is 285 cm³/mol. The highest BCUT2D eigenvalue weighted by molar-refractivity contribution is 6.37. The van der Waals surface area contributed by atoms with Crippen molar-refractivity contribution in [3.63, 3.8) is 0 Å². The first-order valence-corrected chi connectivity index (χ1v) is 25.7. The Hall–Kier alpha value is -8.48. The number of amides is 1. The summed E-state index contributed by atoms with van der Waals surface area (Å²) < 4.78 is 69.6. The van der Waals surface area contributed by atoms with Crippen molar-refractivity contribution >= 4 is 58.3 Å². The van der Waals surface area contributed by atoms with Gasteiger partial charge in [0.1, 0.15) is 40.5 Å². The SMILES string of the molecule is CO[C@H]1/C=C/O[C@@]2(C)Oc3c(C)c(O)c4c(c3C2=O)C(=O)C(/C=N/N2CCN(c3nc5c(cc3F)c(=O)c(C(=O)O)cn5-c3ccc(F)cc3F)CC2)=C(NC(=O)/C(C)=C\C=C\[C@@H](C)[C@H](O)[C@@H](C)[C@H](O)[C@@H](C)[C@H](OC(C)=O)[C@@H]1C)C4=O. The fourth-order valence-electron chi connectivity index (χ4n) is 10.4. The summed E-state index contributed by atoms with van der Waals surface area (Å²) in [5.41, 5.74) is -5.58. The number of methoxy groups -OCH3 is 1. The number of aromatic nitrogens is 2. The number of aliphatic hydroxyl groups is 2. The Morgan fingerprint density at radius 2 is 1.59 bits per heavy atom. The molecular formula is C57H59F3N6O15. The van der Waals surface area contributed by atoms with E-state index in [2.05, 4.69) is 15.4 Å². The predicted octanol–water partition coefficient (Wildman–Crippen LogP) is 5.62. The summed E-state index contributed by atoms with van der Waals surface area (Å²) in [5, 5.41) is 52.4. The van der Waals surface area contributed by atoms with Gasteiger partial charge in [-0.25, -0.2) is 22.9 Å². The van der Waals surface area contributed by atoms with Crippen molar-refractivity contribution in [2.75, 3.05) is 38.2 Å². The quantitative estimate of drug-likeness (QED) is 0.111. The maximum atomic E-state index is 16.0. The lowest BCUT2D eigenvalue weighted by Crippen LogP contribution is -2.46. The molecule has 4 aromatic rings. The van der Waals surface area contributed by atoms with Crippen molar-refractivity contribution in [2.24, 2.45) is 28.8 Å². The molecule has 2 aromatic heterocycles. The number of nitrogens with one attached hydrogen (secondary N) is 1. The van der Waals surface area contributed by atoms with Gasteiger partial charge in [0, 0.05) is 81.1 Å². The zero-order valence-corrected chi connectivity index (χ0v) is 45.4. The van der Waals surface area contributed by atoms with Gasteiger partial charge < -0.3 is 49.6 Å². The number of fused-ring (bicyclic) bond motifs is 15. The molecule has 9 atom stereocenters. The third kappa shape index (κ3) is 11.0. The fraction of sp³-hybridized carbons (Fsp3) is 0.386. The molecule has 5 N–H and O–H groups in total. The number of halogens is 3. The number of ketones is 3. The number of benzene rings is 2. The van der Waals surface area contributed by atoms with Gasteiger partial charge in [0.2, 0.25) is 11.2 Å². The second-order valence-electron chi connectivity index (χ2n) is 20.6. The van der Waals surface area contributed by atoms with Gasteiger partial charge in [0.25, 0.3) is 11.7 Å². The second kappa shape index (κ2) is 22.9. The van der Waals surface area contributed by atoms with Crippen molar-refractivity contribution < 1.29 is 81.3 Å². The first-order chi connectivity index (χ1) is 38.2. The number of carbonyl (C=O) groups is 6. The summed E-state index contributed by atoms with van der Waals surface area (Å²) in [5.74, 6) is -15.9. The van der Waals surface area contributed by atoms with Gasteiger partial charge in [-0.2, -0.15) is 5.10 Å². The van der Waals surface area contributed by atoms with Crippen molar-refractivity contribution in [1.82, 2.24) is 19.9 Å². The summed E-state index contributed by atoms with van der Waals surface area (Å²) in [7, 11) is 1.37. The van der Waals surface area contributed by atoms with Crippen LogP contribution in [0.3, 0.4) is 0 Å². The van der Waals surface area contributed by atoms with Crippen molar-refractivity contribution in [2.45, 2.75) is 85.6 Å². The molecule has 5 aliphatic rings. The standard InChI is InChI=1S/C57H59F3N6O15/c1-25-11-10-12-26(2)55(75)62-43-34(23-61-65-18-16-64(17-19-65)54-37(60)22-33-47(71)35(56(76)77)24-66(53(33)63-54)38-14-13-32(58)21-36(38)59)48(72)40-41(49(43)73)46(70)30(6)51-42(40)52(74)57(8,81-51)79-20-15-39(78-9)27(3)50(80-31(7)67)29(5)45(69)28(4)44(25)68/h10-15,20-25,27-29,39,44-45,50,68-70H,16-19H2,1-9H3,(H,62,75)(H,76,77)/b11-10+,20-15+,26-12-,61-23+/t25-,27-,28-,29-,39+,44+,45+,50-,57+/m1/s1. The molecule has 21 nitrogen and oxygen atoms in total. The molecule has 81 heavy (non-hydrogen) atoms. The lowest BCUT2D eigenvalue weighted by molar-refractivity contribution is -0.160. The minimum absolute atomic E-state index is 0.00322. The molecule has 5 bridgehead atoms. The first kappa shape index (κ1) is 58.7. The van der Waals surface area contributed by atoms with E-state index in [0.717, 1.165) is 41.4 Å². The Bertz CT molecular complexity index is 3530. The molecule has 428 valence electrons. The van der Waals surface area contributed by atoms with Crippen LogP contribution >= 0.6 is 0 Å². The van der Waals surface area contributed by atoms with E-state index in [-0.39, 0.29) is 60.2 Å². The van der Waals surface area contributed by atoms with E-state index in [1.54, 1.807) is 33.8 Å². The van der Waals surface area contributed by atoms with Crippen LogP contribution in [0.25, 0.3) is 16.7 Å². The Morgan fingerprint density at radius 1 is 0.901 bits per heavy atom. The van der Waals surface area contributed by atoms with Gasteiger partial charge in [-0.3, -0.25) is 38.3 Å². The number of aliphatic hydroxyl groups excluding tert-OH is 2. The number of aromatic carboxylic acids is 1. The van der Waals surface area contributed by atoms with Crippen LogP contribution in [-0.4, -0.2) is 140 Å². The molecule has 0 spiro atoms. The zero-order valence-electron chi connectivity index (χ0n) is 45.4. The third-order valence-electron chi connectivity index (χ3n) is 15.2. The molecule has 1 saturated heterocycles. The highest BCUT2D eigenvalue weighted by Gasteiger charge is 2.53. The van der Waals surface area contributed by atoms with Crippen molar-refractivity contribution in [1.29, 1.82) is 0 Å². The first-order valence-electron chi connectivity index (χ1n) is 25.7. The maximum Gasteiger partial charge on any atom is 0.341 e. The van der Waals surface area contributed by atoms with Crippen LogP contribution in [0.2, 0.25) is 0 Å². The molecule has 6 heterocycles. The number of nitrogens with zero attached hydrogens (tertiary/aromatic N) is 5. The number of carbonyl (C=O) groups excluding carboxylic acids is 5. The second-order valence-corrected chi connectivity index (χ2v) is 20.6. The van der Waals surface area contributed by atoms with Crippen LogP contribution in [0.15, 0.2) is 87.8 Å². The van der Waals surface area contributed by atoms with Gasteiger partial charge in [-0.05, 0) is 38.1 Å². The summed E-state index contributed by atoms with van der Waals surface area (Å²) in [6.07, 6.45) is 4.46. The maximum absolute atomic E-state index is 16.0. The molecule has 0 saturated carbocycles. The summed E-state index contributed by atoms with van der Waals surface area (Å²) in [6, 6.07) is 3.21. The largest absolute Gasteiger partial charge is 0.507 e. The number of phenolic OH excluding ortho intramolecular Hbond substituents is 1. The summed E-state index contributed by atoms with van der Waals surface area (Å²) >= 11 is 0. The topological polar surface area (TPSA) is 286 Å². The van der Waals surface area contributed by atoms with Gasteiger partial charge in [-0.15, -0.1) is 0 Å². The highest BCUT2D eigenvalue weighted by atomic mass is 19.1. The number of carboxylic acids is 1. The van der Waals surface area contributed by atoms with Crippen molar-refractivity contribution in [3.05, 3.63) is 133 Å². The normalized spacial score (nSPS) is 27.2. The van der Waals surface area contributed by atoms with Gasteiger partial charge in [0.15, 0.2) is 23.1 Å². The molecule has 1 fully saturated rings. The molecule has 1 aliphatic carbocycles. The Morgan fingerprint density at radius 3 is 2.23 bits per heavy atom. The number of hydrazone groups is 1. The van der Waals surface area contributed by atoms with E-state index >= 15 is 13.6 Å². The Kier molecular flexibility index (Phi) is 16.6. The fourth-order valence-corrected chi connectivity index (χ4v) is 10.4. The van der Waals surface area contributed by atoms with Crippen LogP contribution in [-0.2, 0) is 23.8 Å². The molecule has 1 amide bonds. The van der Waals surface area contributed by atoms with Gasteiger partial charge >= 0.3 is 17.7 Å². The minimum Gasteiger partial charge on any atom is -0.507 e. The summed E-state index contributed by atoms with van der Waals surface area (Å²) in [6.45, 7) is 11.7. The summed E-state index contributed by atoms with van der Waals surface area (Å²) in [4.78, 5) is 102. The van der Waals surface area contributed by atoms with E-state index < -0.39 is 157 Å². The monoisotopic (exact) mass is 1120 g/mol. The molecule has 24 heteroatoms. The van der Waals surface area contributed by atoms with E-state index in [1.165, 1.54) is 62.9 Å². The number of allylic oxidation sites excluding steroid dienone is 4. The van der Waals surface area contributed by atoms with E-state index in [0.29, 0.717) is 6.07 Å². The molecule has 0 unspecified atom stereocenters. The van der Waals surface area contributed by atoms with Crippen LogP contribution in [0.1, 0.15) is 95.5 Å². The smallest absolute Gasteiger partial charge is 0.341 e. The molecule has 4 aliphatic heterocycles. The highest BCUT2D eigenvalue weighted by Crippen LogP contribution is 2.49. The number of hydrogen-bond acceptors (Lipinski definition) is 18. The third-order valence-corrected chi connectivity index (χ3v) is 15.2. The van der Waals surface area contributed by atoms with E-state index in [1.807, 2.05) is 0 Å². The number of phenols is 1. The molecule has 9 rings (SSSR count). The van der Waals surface area contributed by atoms with Crippen molar-refractivity contribution in [3.8, 4) is 17.2 Å². The number of pyridine rings is 2. The number of carboxylic acid groups (broad SMARTS) is 1. The molecule has 2 aromatic carbocycles. The molecular weight excluding hydrogens is 1070 g/mol. The molecule has 0 radical (unpaired) electrons. The average Bonchev–Trinajstić information content (AvgIpc) is 3.90. The minimum atomic E-state index is -2.23. The number of piperazine rings is 1. The van der Waals surface area contributed by atoms with Crippen LogP contribution < -0.4 is 20.4 Å². The lowest BCUT2D eigenvalue weighted by Gasteiger charge is -2.38. The van der Waals surface area contributed by atoms with E-state index in [9.17, 15) is 53.6 Å².